The van der Waals surface area contributed by atoms with Gasteiger partial charge in [-0.1, -0.05) is 30.2 Å². The van der Waals surface area contributed by atoms with Gasteiger partial charge in [0.05, 0.1) is 0 Å². The number of nitrogens with one attached hydrogen (secondary N) is 1. The van der Waals surface area contributed by atoms with Crippen LogP contribution in [-0.2, 0) is 11.2 Å². The smallest absolute Gasteiger partial charge is 0.223 e. The number of hydrogen-bond donors (Lipinski definition) is 1. The first kappa shape index (κ1) is 19.0. The number of rotatable bonds is 5. The van der Waals surface area contributed by atoms with Crippen LogP contribution in [0.5, 0.6) is 0 Å². The molecule has 1 N–H and O–H groups in total. The quantitative estimate of drug-likeness (QED) is 0.852. The predicted octanol–water partition coefficient (Wildman–Crippen LogP) is 4.21. The van der Waals surface area contributed by atoms with Crippen LogP contribution >= 0.6 is 11.6 Å². The molecule has 5 heteroatoms. The monoisotopic (exact) mass is 373 g/mol. The van der Waals surface area contributed by atoms with E-state index in [4.69, 9.17) is 11.6 Å². The van der Waals surface area contributed by atoms with Crippen LogP contribution in [0.2, 0.25) is 5.02 Å². The van der Waals surface area contributed by atoms with Crippen molar-refractivity contribution < 1.29 is 4.79 Å². The lowest BCUT2D eigenvalue weighted by molar-refractivity contribution is -0.131. The van der Waals surface area contributed by atoms with E-state index in [2.05, 4.69) is 41.0 Å². The topological polar surface area (TPSA) is 39.3 Å². The molecule has 2 heterocycles. The summed E-state index contributed by atoms with van der Waals surface area (Å²) < 4.78 is 0. The van der Waals surface area contributed by atoms with Crippen molar-refractivity contribution in [1.29, 1.82) is 0 Å². The number of hydrogen-bond acceptors (Lipinski definition) is 2. The summed E-state index contributed by atoms with van der Waals surface area (Å²) >= 11 is 5.95. The molecule has 1 aromatic carbocycles. The van der Waals surface area contributed by atoms with Gasteiger partial charge in [-0.05, 0) is 63.2 Å². The maximum atomic E-state index is 12.7. The molecule has 0 unspecified atom stereocenters. The second kappa shape index (κ2) is 8.74. The molecule has 0 aliphatic carbocycles. The van der Waals surface area contributed by atoms with Gasteiger partial charge in [0.1, 0.15) is 0 Å². The average molecular weight is 374 g/mol. The van der Waals surface area contributed by atoms with E-state index >= 15 is 0 Å². The number of likely N-dealkylation sites (N-methyl/N-ethyl adjacent to an activating group) is 1. The maximum absolute atomic E-state index is 12.7. The normalized spacial score (nSPS) is 18.2. The van der Waals surface area contributed by atoms with Crippen molar-refractivity contribution in [2.45, 2.75) is 38.1 Å². The average Bonchev–Trinajstić information content (AvgIpc) is 2.95. The van der Waals surface area contributed by atoms with E-state index in [1.807, 2.05) is 24.3 Å². The fourth-order valence-corrected chi connectivity index (χ4v) is 3.68. The van der Waals surface area contributed by atoms with Crippen molar-refractivity contribution in [1.82, 2.24) is 14.8 Å². The van der Waals surface area contributed by atoms with Gasteiger partial charge >= 0.3 is 0 Å². The molecule has 1 atom stereocenters. The molecular weight excluding hydrogens is 346 g/mol. The molecule has 1 aliphatic rings. The molecule has 1 aromatic heterocycles. The molecule has 140 valence electrons. The SMILES string of the molecule is CN(C)[C@H]1CCCCN(C(=O)CCc2ccc(-c3ccc(Cl)cc3)[nH]2)C1. The highest BCUT2D eigenvalue weighted by molar-refractivity contribution is 6.30. The van der Waals surface area contributed by atoms with E-state index in [-0.39, 0.29) is 5.91 Å². The maximum Gasteiger partial charge on any atom is 0.223 e. The van der Waals surface area contributed by atoms with Crippen LogP contribution < -0.4 is 0 Å². The van der Waals surface area contributed by atoms with Crippen LogP contribution in [0, 0.1) is 0 Å². The largest absolute Gasteiger partial charge is 0.358 e. The Hall–Kier alpha value is -1.78. The van der Waals surface area contributed by atoms with Gasteiger partial charge in [0.25, 0.3) is 0 Å². The molecule has 0 radical (unpaired) electrons. The predicted molar refractivity (Wildman–Crippen MR) is 107 cm³/mol. The number of halogens is 1. The van der Waals surface area contributed by atoms with Crippen LogP contribution in [0.4, 0.5) is 0 Å². The third-order valence-corrected chi connectivity index (χ3v) is 5.49. The molecule has 1 amide bonds. The number of amides is 1. The van der Waals surface area contributed by atoms with E-state index in [1.165, 1.54) is 12.8 Å². The van der Waals surface area contributed by atoms with Crippen molar-refractivity contribution in [3.8, 4) is 11.3 Å². The first-order valence-electron chi connectivity index (χ1n) is 9.41. The zero-order chi connectivity index (χ0) is 18.5. The minimum Gasteiger partial charge on any atom is -0.358 e. The zero-order valence-corrected chi connectivity index (χ0v) is 16.4. The fourth-order valence-electron chi connectivity index (χ4n) is 3.55. The number of aromatic nitrogens is 1. The van der Waals surface area contributed by atoms with Crippen molar-refractivity contribution in [3.05, 3.63) is 47.1 Å². The summed E-state index contributed by atoms with van der Waals surface area (Å²) in [6, 6.07) is 12.4. The number of aromatic amines is 1. The summed E-state index contributed by atoms with van der Waals surface area (Å²) in [5.41, 5.74) is 3.27. The Balaban J connectivity index is 1.56. The molecule has 1 aliphatic heterocycles. The second-order valence-corrected chi connectivity index (χ2v) is 7.79. The van der Waals surface area contributed by atoms with Crippen LogP contribution in [0.1, 0.15) is 31.4 Å². The number of aryl methyl sites for hydroxylation is 1. The minimum atomic E-state index is 0.265. The van der Waals surface area contributed by atoms with Crippen LogP contribution in [0.15, 0.2) is 36.4 Å². The molecule has 0 spiro atoms. The molecule has 0 saturated carbocycles. The number of H-pyrrole nitrogens is 1. The van der Waals surface area contributed by atoms with E-state index < -0.39 is 0 Å². The Morgan fingerprint density at radius 1 is 1.19 bits per heavy atom. The van der Waals surface area contributed by atoms with Crippen LogP contribution in [0.3, 0.4) is 0 Å². The first-order valence-corrected chi connectivity index (χ1v) is 9.79. The number of carbonyl (C=O) groups is 1. The van der Waals surface area contributed by atoms with Gasteiger partial charge in [-0.2, -0.15) is 0 Å². The number of benzene rings is 1. The van der Waals surface area contributed by atoms with E-state index in [0.29, 0.717) is 12.5 Å². The summed E-state index contributed by atoms with van der Waals surface area (Å²) in [6.07, 6.45) is 4.79. The van der Waals surface area contributed by atoms with Gasteiger partial charge < -0.3 is 14.8 Å². The van der Waals surface area contributed by atoms with Crippen molar-refractivity contribution >= 4 is 17.5 Å². The van der Waals surface area contributed by atoms with Crippen LogP contribution in [0.25, 0.3) is 11.3 Å². The number of carbonyl (C=O) groups excluding carboxylic acids is 1. The highest BCUT2D eigenvalue weighted by atomic mass is 35.5. The molecule has 1 saturated heterocycles. The Labute approximate surface area is 161 Å². The Morgan fingerprint density at radius 2 is 1.96 bits per heavy atom. The standard InChI is InChI=1S/C21H28ClN3O/c1-24(2)19-5-3-4-14-25(15-19)21(26)13-11-18-10-12-20(23-18)16-6-8-17(22)9-7-16/h6-10,12,19,23H,3-5,11,13-15H2,1-2H3/t19-/m0/s1. The Bertz CT molecular complexity index is 723. The summed E-state index contributed by atoms with van der Waals surface area (Å²) in [7, 11) is 4.21. The molecule has 2 aromatic rings. The Morgan fingerprint density at radius 3 is 2.69 bits per heavy atom. The summed E-state index contributed by atoms with van der Waals surface area (Å²) in [6.45, 7) is 1.75. The lowest BCUT2D eigenvalue weighted by Crippen LogP contribution is -2.42. The van der Waals surface area contributed by atoms with Gasteiger partial charge in [0, 0.05) is 42.0 Å². The third-order valence-electron chi connectivity index (χ3n) is 5.24. The van der Waals surface area contributed by atoms with Gasteiger partial charge in [0.15, 0.2) is 0 Å². The summed E-state index contributed by atoms with van der Waals surface area (Å²) in [5, 5.41) is 0.736. The Kier molecular flexibility index (Phi) is 6.38. The van der Waals surface area contributed by atoms with Crippen molar-refractivity contribution in [3.63, 3.8) is 0 Å². The van der Waals surface area contributed by atoms with E-state index in [0.717, 1.165) is 47.9 Å². The number of likely N-dealkylation sites (tertiary alicyclic amines) is 1. The van der Waals surface area contributed by atoms with Crippen molar-refractivity contribution in [2.24, 2.45) is 0 Å². The van der Waals surface area contributed by atoms with Crippen molar-refractivity contribution in [2.75, 3.05) is 27.2 Å². The second-order valence-electron chi connectivity index (χ2n) is 7.36. The van der Waals surface area contributed by atoms with E-state index in [1.54, 1.807) is 0 Å². The summed E-state index contributed by atoms with van der Waals surface area (Å²) in [5.74, 6) is 0.265. The lowest BCUT2D eigenvalue weighted by atomic mass is 10.1. The third kappa shape index (κ3) is 4.89. The number of nitrogens with zero attached hydrogens (tertiary/aromatic N) is 2. The van der Waals surface area contributed by atoms with Gasteiger partial charge in [-0.25, -0.2) is 0 Å². The molecule has 0 bridgehead atoms. The highest BCUT2D eigenvalue weighted by Crippen LogP contribution is 2.22. The summed E-state index contributed by atoms with van der Waals surface area (Å²) in [4.78, 5) is 20.4. The molecular formula is C21H28ClN3O. The molecule has 4 nitrogen and oxygen atoms in total. The van der Waals surface area contributed by atoms with E-state index in [9.17, 15) is 4.79 Å². The van der Waals surface area contributed by atoms with Gasteiger partial charge in [-0.3, -0.25) is 4.79 Å². The minimum absolute atomic E-state index is 0.265. The van der Waals surface area contributed by atoms with Gasteiger partial charge in [0.2, 0.25) is 5.91 Å². The molecule has 1 fully saturated rings. The lowest BCUT2D eigenvalue weighted by Gasteiger charge is -2.28. The first-order chi connectivity index (χ1) is 12.5. The fraction of sp³-hybridized carbons (Fsp3) is 0.476. The zero-order valence-electron chi connectivity index (χ0n) is 15.7. The molecule has 3 rings (SSSR count). The van der Waals surface area contributed by atoms with Crippen LogP contribution in [-0.4, -0.2) is 53.9 Å². The highest BCUT2D eigenvalue weighted by Gasteiger charge is 2.23. The molecule has 26 heavy (non-hydrogen) atoms. The van der Waals surface area contributed by atoms with Gasteiger partial charge in [-0.15, -0.1) is 0 Å².